The van der Waals surface area contributed by atoms with Crippen molar-refractivity contribution in [3.63, 3.8) is 0 Å². The maximum atomic E-state index is 12.8. The van der Waals surface area contributed by atoms with Crippen molar-refractivity contribution in [2.45, 2.75) is 92.5 Å². The fourth-order valence-corrected chi connectivity index (χ4v) is 4.11. The van der Waals surface area contributed by atoms with Crippen LogP contribution in [0.15, 0.2) is 0 Å². The van der Waals surface area contributed by atoms with E-state index in [4.69, 9.17) is 14.2 Å². The molecule has 0 amide bonds. The molecular formula is C21H38O4. The Hall–Kier alpha value is -0.610. The third-order valence-electron chi connectivity index (χ3n) is 5.99. The van der Waals surface area contributed by atoms with Gasteiger partial charge in [-0.05, 0) is 43.4 Å². The zero-order chi connectivity index (χ0) is 18.9. The molecule has 2 rings (SSSR count). The van der Waals surface area contributed by atoms with Gasteiger partial charge in [-0.1, -0.05) is 41.5 Å². The monoisotopic (exact) mass is 354 g/mol. The lowest BCUT2D eigenvalue weighted by Gasteiger charge is -2.37. The van der Waals surface area contributed by atoms with Crippen molar-refractivity contribution in [1.29, 1.82) is 0 Å². The van der Waals surface area contributed by atoms with Crippen LogP contribution in [0.4, 0.5) is 0 Å². The van der Waals surface area contributed by atoms with Crippen molar-refractivity contribution < 1.29 is 19.0 Å². The van der Waals surface area contributed by atoms with Gasteiger partial charge in [0, 0.05) is 12.8 Å². The van der Waals surface area contributed by atoms with Crippen LogP contribution in [0.2, 0.25) is 0 Å². The summed E-state index contributed by atoms with van der Waals surface area (Å²) in [5, 5.41) is 0. The molecule has 1 saturated heterocycles. The molecule has 0 aromatic carbocycles. The van der Waals surface area contributed by atoms with E-state index in [1.807, 2.05) is 6.92 Å². The molecule has 2 fully saturated rings. The highest BCUT2D eigenvalue weighted by Crippen LogP contribution is 2.42. The summed E-state index contributed by atoms with van der Waals surface area (Å²) >= 11 is 0. The first-order valence-corrected chi connectivity index (χ1v) is 9.95. The third kappa shape index (κ3) is 5.19. The molecule has 1 heterocycles. The Labute approximate surface area is 154 Å². The number of carbonyl (C=O) groups excluding carboxylic acids is 1. The maximum absolute atomic E-state index is 12.8. The van der Waals surface area contributed by atoms with E-state index in [2.05, 4.69) is 41.5 Å². The van der Waals surface area contributed by atoms with Crippen molar-refractivity contribution in [3.8, 4) is 0 Å². The Balaban J connectivity index is 1.89. The topological polar surface area (TPSA) is 44.8 Å². The van der Waals surface area contributed by atoms with Crippen molar-refractivity contribution in [2.75, 3.05) is 13.2 Å². The van der Waals surface area contributed by atoms with E-state index in [0.29, 0.717) is 13.2 Å². The molecule has 1 aliphatic carbocycles. The molecule has 2 aliphatic rings. The number of rotatable bonds is 5. The van der Waals surface area contributed by atoms with Gasteiger partial charge >= 0.3 is 5.97 Å². The van der Waals surface area contributed by atoms with Gasteiger partial charge in [0.15, 0.2) is 5.79 Å². The molecule has 1 saturated carbocycles. The molecule has 146 valence electrons. The smallest absolute Gasteiger partial charge is 0.312 e. The summed E-state index contributed by atoms with van der Waals surface area (Å²) in [6, 6.07) is 0. The van der Waals surface area contributed by atoms with Crippen LogP contribution >= 0.6 is 0 Å². The molecule has 0 radical (unpaired) electrons. The van der Waals surface area contributed by atoms with Crippen LogP contribution in [0.5, 0.6) is 0 Å². The molecule has 0 N–H and O–H groups in total. The lowest BCUT2D eigenvalue weighted by atomic mass is 9.69. The molecule has 0 aromatic rings. The van der Waals surface area contributed by atoms with E-state index in [9.17, 15) is 4.79 Å². The summed E-state index contributed by atoms with van der Waals surface area (Å²) in [6.45, 7) is 15.8. The minimum Gasteiger partial charge on any atom is -0.462 e. The molecule has 25 heavy (non-hydrogen) atoms. The lowest BCUT2D eigenvalue weighted by Crippen LogP contribution is -2.40. The first kappa shape index (κ1) is 20.7. The fourth-order valence-electron chi connectivity index (χ4n) is 4.11. The van der Waals surface area contributed by atoms with Crippen LogP contribution in [0.1, 0.15) is 80.6 Å². The Morgan fingerprint density at radius 1 is 1.20 bits per heavy atom. The van der Waals surface area contributed by atoms with E-state index in [-0.39, 0.29) is 23.4 Å². The Kier molecular flexibility index (Phi) is 6.26. The summed E-state index contributed by atoms with van der Waals surface area (Å²) in [7, 11) is 0. The van der Waals surface area contributed by atoms with Crippen molar-refractivity contribution in [1.82, 2.24) is 0 Å². The first-order chi connectivity index (χ1) is 11.5. The summed E-state index contributed by atoms with van der Waals surface area (Å²) in [4.78, 5) is 12.8. The molecule has 4 nitrogen and oxygen atoms in total. The number of carbonyl (C=O) groups is 1. The van der Waals surface area contributed by atoms with Gasteiger partial charge in [0.1, 0.15) is 12.7 Å². The van der Waals surface area contributed by atoms with Gasteiger partial charge in [0.05, 0.1) is 12.0 Å². The minimum absolute atomic E-state index is 0.0772. The number of ether oxygens (including phenoxy) is 3. The molecule has 1 spiro atoms. The second-order valence-electron chi connectivity index (χ2n) is 10.1. The number of esters is 1. The van der Waals surface area contributed by atoms with Crippen LogP contribution in [-0.4, -0.2) is 31.1 Å². The predicted octanol–water partition coefficient (Wildman–Crippen LogP) is 4.95. The highest BCUT2D eigenvalue weighted by molar-refractivity contribution is 5.76. The van der Waals surface area contributed by atoms with Gasteiger partial charge in [0.25, 0.3) is 0 Å². The quantitative estimate of drug-likeness (QED) is 0.655. The molecule has 2 atom stereocenters. The summed E-state index contributed by atoms with van der Waals surface area (Å²) in [5.41, 5.74) is -0.399. The van der Waals surface area contributed by atoms with E-state index >= 15 is 0 Å². The fraction of sp³-hybridized carbons (Fsp3) is 0.952. The standard InChI is InChI=1S/C21H38O4/c1-15(2)20(7,14-19(4,5)6)18(22)23-12-17-13-24-21(25-17)10-8-16(3)9-11-21/h15-17H,8-14H2,1-7H3. The Bertz CT molecular complexity index is 457. The van der Waals surface area contributed by atoms with E-state index < -0.39 is 11.2 Å². The van der Waals surface area contributed by atoms with Crippen molar-refractivity contribution >= 4 is 5.97 Å². The highest BCUT2D eigenvalue weighted by Gasteiger charge is 2.45. The summed E-state index contributed by atoms with van der Waals surface area (Å²) in [6.07, 6.45) is 4.86. The Morgan fingerprint density at radius 3 is 2.32 bits per heavy atom. The zero-order valence-electron chi connectivity index (χ0n) is 17.3. The van der Waals surface area contributed by atoms with Gasteiger partial charge in [-0.2, -0.15) is 0 Å². The van der Waals surface area contributed by atoms with Gasteiger partial charge in [0.2, 0.25) is 0 Å². The third-order valence-corrected chi connectivity index (χ3v) is 5.99. The average Bonchev–Trinajstić information content (AvgIpc) is 2.89. The van der Waals surface area contributed by atoms with Crippen LogP contribution < -0.4 is 0 Å². The van der Waals surface area contributed by atoms with Crippen molar-refractivity contribution in [3.05, 3.63) is 0 Å². The molecule has 4 heteroatoms. The largest absolute Gasteiger partial charge is 0.462 e. The first-order valence-electron chi connectivity index (χ1n) is 9.95. The molecular weight excluding hydrogens is 316 g/mol. The van der Waals surface area contributed by atoms with Gasteiger partial charge < -0.3 is 14.2 Å². The van der Waals surface area contributed by atoms with Gasteiger partial charge in [-0.25, -0.2) is 0 Å². The lowest BCUT2D eigenvalue weighted by molar-refractivity contribution is -0.198. The van der Waals surface area contributed by atoms with Crippen LogP contribution in [0.25, 0.3) is 0 Å². The molecule has 1 aliphatic heterocycles. The normalized spacial score (nSPS) is 32.8. The maximum Gasteiger partial charge on any atom is 0.312 e. The van der Waals surface area contributed by atoms with E-state index in [0.717, 1.165) is 38.0 Å². The van der Waals surface area contributed by atoms with Crippen LogP contribution in [0, 0.1) is 22.7 Å². The van der Waals surface area contributed by atoms with Crippen LogP contribution in [-0.2, 0) is 19.0 Å². The number of hydrogen-bond acceptors (Lipinski definition) is 4. The average molecular weight is 355 g/mol. The number of hydrogen-bond donors (Lipinski definition) is 0. The zero-order valence-corrected chi connectivity index (χ0v) is 17.3. The van der Waals surface area contributed by atoms with Gasteiger partial charge in [-0.15, -0.1) is 0 Å². The summed E-state index contributed by atoms with van der Waals surface area (Å²) < 4.78 is 17.8. The summed E-state index contributed by atoms with van der Waals surface area (Å²) in [5.74, 6) is 0.445. The van der Waals surface area contributed by atoms with Gasteiger partial charge in [-0.3, -0.25) is 4.79 Å². The molecule has 0 aromatic heterocycles. The van der Waals surface area contributed by atoms with E-state index in [1.165, 1.54) is 0 Å². The highest BCUT2D eigenvalue weighted by atomic mass is 16.8. The van der Waals surface area contributed by atoms with Crippen molar-refractivity contribution in [2.24, 2.45) is 22.7 Å². The van der Waals surface area contributed by atoms with Crippen LogP contribution in [0.3, 0.4) is 0 Å². The second kappa shape index (κ2) is 7.56. The minimum atomic E-state index is -0.477. The second-order valence-corrected chi connectivity index (χ2v) is 10.1. The van der Waals surface area contributed by atoms with E-state index in [1.54, 1.807) is 0 Å². The molecule has 2 unspecified atom stereocenters. The predicted molar refractivity (Wildman–Crippen MR) is 99.2 cm³/mol. The Morgan fingerprint density at radius 2 is 1.80 bits per heavy atom. The molecule has 0 bridgehead atoms. The SMILES string of the molecule is CC1CCC2(CC1)OCC(COC(=O)C(C)(CC(C)(C)C)C(C)C)O2.